The van der Waals surface area contributed by atoms with Crippen LogP contribution < -0.4 is 11.7 Å². The zero-order valence-corrected chi connectivity index (χ0v) is 14.0. The van der Waals surface area contributed by atoms with Gasteiger partial charge in [0.25, 0.3) is 5.91 Å². The quantitative estimate of drug-likeness (QED) is 0.169. The first-order chi connectivity index (χ1) is 10.6. The molecule has 0 aliphatic rings. The normalized spacial score (nSPS) is 10.5. The first-order valence-electron chi connectivity index (χ1n) is 8.56. The van der Waals surface area contributed by atoms with Crippen molar-refractivity contribution in [3.05, 3.63) is 0 Å². The van der Waals surface area contributed by atoms with Crippen molar-refractivity contribution in [1.82, 2.24) is 5.12 Å². The molecule has 0 aliphatic heterocycles. The van der Waals surface area contributed by atoms with Gasteiger partial charge in [-0.1, -0.05) is 51.9 Å². The van der Waals surface area contributed by atoms with Crippen LogP contribution in [0.5, 0.6) is 0 Å². The number of carbonyl (C=O) groups is 2. The number of nitrogens with zero attached hydrogens (tertiary/aromatic N) is 1. The van der Waals surface area contributed by atoms with E-state index < -0.39 is 0 Å². The third-order valence-electron chi connectivity index (χ3n) is 3.57. The van der Waals surface area contributed by atoms with Crippen LogP contribution >= 0.6 is 0 Å². The lowest BCUT2D eigenvalue weighted by Crippen LogP contribution is -2.43. The maximum atomic E-state index is 11.5. The Morgan fingerprint density at radius 1 is 0.818 bits per heavy atom. The molecule has 0 aliphatic carbocycles. The number of hydrogen-bond donors (Lipinski definition) is 2. The molecule has 0 fully saturated rings. The largest absolute Gasteiger partial charge is 0.466 e. The Bertz CT molecular complexity index is 296. The van der Waals surface area contributed by atoms with Gasteiger partial charge in [0.15, 0.2) is 0 Å². The van der Waals surface area contributed by atoms with Crippen LogP contribution in [-0.4, -0.2) is 23.6 Å². The van der Waals surface area contributed by atoms with Crippen LogP contribution in [0.4, 0.5) is 0 Å². The standard InChI is InChI=1S/C16H33N3O3/c1-2-3-4-11-14-22-16(21)13-10-8-6-5-7-9-12-15(20)19(17)18/h2-14,17-18H2,1H3. The van der Waals surface area contributed by atoms with Gasteiger partial charge < -0.3 is 4.74 Å². The fraction of sp³-hybridized carbons (Fsp3) is 0.875. The van der Waals surface area contributed by atoms with Gasteiger partial charge in [0, 0.05) is 12.8 Å². The van der Waals surface area contributed by atoms with E-state index in [0.717, 1.165) is 51.4 Å². The zero-order valence-electron chi connectivity index (χ0n) is 14.0. The number of esters is 1. The van der Waals surface area contributed by atoms with E-state index >= 15 is 0 Å². The number of carbonyl (C=O) groups excluding carboxylic acids is 2. The first kappa shape index (κ1) is 20.9. The van der Waals surface area contributed by atoms with Crippen LogP contribution in [0.15, 0.2) is 0 Å². The van der Waals surface area contributed by atoms with Crippen molar-refractivity contribution in [2.75, 3.05) is 6.61 Å². The second kappa shape index (κ2) is 14.8. The van der Waals surface area contributed by atoms with Crippen molar-refractivity contribution in [2.24, 2.45) is 11.7 Å². The summed E-state index contributed by atoms with van der Waals surface area (Å²) in [4.78, 5) is 22.6. The lowest BCUT2D eigenvalue weighted by atomic mass is 10.1. The number of unbranched alkanes of at least 4 members (excludes halogenated alkanes) is 8. The van der Waals surface area contributed by atoms with E-state index in [1.165, 1.54) is 12.8 Å². The number of amides is 1. The Hall–Kier alpha value is -1.14. The minimum atomic E-state index is -0.235. The van der Waals surface area contributed by atoms with Crippen LogP contribution in [0.25, 0.3) is 0 Å². The summed E-state index contributed by atoms with van der Waals surface area (Å²) in [6, 6.07) is 0. The fourth-order valence-electron chi connectivity index (χ4n) is 2.17. The van der Waals surface area contributed by atoms with Gasteiger partial charge in [0.1, 0.15) is 0 Å². The predicted molar refractivity (Wildman–Crippen MR) is 87.3 cm³/mol. The summed E-state index contributed by atoms with van der Waals surface area (Å²) in [6.45, 7) is 2.72. The third kappa shape index (κ3) is 13.8. The maximum absolute atomic E-state index is 11.5. The van der Waals surface area contributed by atoms with Gasteiger partial charge in [0.05, 0.1) is 6.61 Å². The second-order valence-electron chi connectivity index (χ2n) is 5.70. The molecule has 0 heterocycles. The first-order valence-corrected chi connectivity index (χ1v) is 8.56. The molecule has 1 amide bonds. The Kier molecular flexibility index (Phi) is 14.0. The number of hydrogen-bond acceptors (Lipinski definition) is 5. The Balaban J connectivity index is 3.25. The summed E-state index contributed by atoms with van der Waals surface area (Å²) in [6.07, 6.45) is 11.3. The Morgan fingerprint density at radius 2 is 1.36 bits per heavy atom. The van der Waals surface area contributed by atoms with Gasteiger partial charge >= 0.3 is 5.97 Å². The minimum absolute atomic E-state index is 0.0759. The highest BCUT2D eigenvalue weighted by Gasteiger charge is 2.04. The monoisotopic (exact) mass is 315 g/mol. The van der Waals surface area contributed by atoms with Crippen molar-refractivity contribution in [3.63, 3.8) is 0 Å². The molecule has 0 radical (unpaired) electrons. The smallest absolute Gasteiger partial charge is 0.305 e. The van der Waals surface area contributed by atoms with Gasteiger partial charge in [0.2, 0.25) is 0 Å². The van der Waals surface area contributed by atoms with E-state index in [0.29, 0.717) is 24.6 Å². The van der Waals surface area contributed by atoms with Crippen LogP contribution in [0.2, 0.25) is 0 Å². The van der Waals surface area contributed by atoms with Crippen molar-refractivity contribution >= 4 is 11.9 Å². The van der Waals surface area contributed by atoms with E-state index in [4.69, 9.17) is 16.4 Å². The van der Waals surface area contributed by atoms with Gasteiger partial charge in [-0.15, -0.1) is 0 Å². The molecule has 0 unspecified atom stereocenters. The summed E-state index contributed by atoms with van der Waals surface area (Å²) >= 11 is 0. The number of hydrazine groups is 2. The van der Waals surface area contributed by atoms with Crippen molar-refractivity contribution < 1.29 is 14.3 Å². The molecule has 0 saturated carbocycles. The molecule has 0 saturated heterocycles. The summed E-state index contributed by atoms with van der Waals surface area (Å²) < 4.78 is 5.18. The molecule has 0 aromatic rings. The zero-order chi connectivity index (χ0) is 16.6. The van der Waals surface area contributed by atoms with E-state index in [9.17, 15) is 9.59 Å². The number of ether oxygens (including phenoxy) is 1. The van der Waals surface area contributed by atoms with Gasteiger partial charge in [-0.3, -0.25) is 9.59 Å². The van der Waals surface area contributed by atoms with Crippen LogP contribution in [-0.2, 0) is 14.3 Å². The topological polar surface area (TPSA) is 98.7 Å². The van der Waals surface area contributed by atoms with E-state index in [-0.39, 0.29) is 11.9 Å². The summed E-state index contributed by atoms with van der Waals surface area (Å²) in [5.41, 5.74) is 0. The fourth-order valence-corrected chi connectivity index (χ4v) is 2.17. The molecule has 6 nitrogen and oxygen atoms in total. The number of rotatable bonds is 14. The van der Waals surface area contributed by atoms with E-state index in [2.05, 4.69) is 6.92 Å². The Labute approximate surface area is 134 Å². The molecular formula is C16H33N3O3. The molecule has 0 bridgehead atoms. The molecule has 6 heteroatoms. The SMILES string of the molecule is CCCCCCOC(=O)CCCCCCCCC(=O)N(N)N. The van der Waals surface area contributed by atoms with Crippen molar-refractivity contribution in [1.29, 1.82) is 0 Å². The summed E-state index contributed by atoms with van der Waals surface area (Å²) in [5.74, 6) is 9.93. The minimum Gasteiger partial charge on any atom is -0.466 e. The molecule has 0 aromatic carbocycles. The Morgan fingerprint density at radius 3 is 1.95 bits per heavy atom. The van der Waals surface area contributed by atoms with E-state index in [1.807, 2.05) is 0 Å². The van der Waals surface area contributed by atoms with Gasteiger partial charge in [-0.05, 0) is 19.3 Å². The highest BCUT2D eigenvalue weighted by molar-refractivity contribution is 5.74. The van der Waals surface area contributed by atoms with Crippen molar-refractivity contribution in [2.45, 2.75) is 84.0 Å². The molecule has 130 valence electrons. The molecule has 0 spiro atoms. The lowest BCUT2D eigenvalue weighted by molar-refractivity contribution is -0.144. The highest BCUT2D eigenvalue weighted by atomic mass is 16.5. The average molecular weight is 315 g/mol. The second-order valence-corrected chi connectivity index (χ2v) is 5.70. The van der Waals surface area contributed by atoms with Crippen LogP contribution in [0, 0.1) is 0 Å². The molecule has 4 N–H and O–H groups in total. The third-order valence-corrected chi connectivity index (χ3v) is 3.57. The summed E-state index contributed by atoms with van der Waals surface area (Å²) in [5, 5.41) is 0.647. The molecular weight excluding hydrogens is 282 g/mol. The molecule has 0 aromatic heterocycles. The molecule has 0 rings (SSSR count). The number of nitrogens with two attached hydrogens (primary N) is 2. The van der Waals surface area contributed by atoms with Gasteiger partial charge in [-0.2, -0.15) is 0 Å². The lowest BCUT2D eigenvalue weighted by Gasteiger charge is -2.08. The average Bonchev–Trinajstić information content (AvgIpc) is 2.49. The van der Waals surface area contributed by atoms with Gasteiger partial charge in [-0.25, -0.2) is 16.8 Å². The maximum Gasteiger partial charge on any atom is 0.305 e. The molecule has 0 atom stereocenters. The molecule has 22 heavy (non-hydrogen) atoms. The van der Waals surface area contributed by atoms with Crippen LogP contribution in [0.3, 0.4) is 0 Å². The van der Waals surface area contributed by atoms with Crippen LogP contribution in [0.1, 0.15) is 84.0 Å². The highest BCUT2D eigenvalue weighted by Crippen LogP contribution is 2.09. The van der Waals surface area contributed by atoms with E-state index in [1.54, 1.807) is 0 Å². The summed E-state index contributed by atoms with van der Waals surface area (Å²) in [7, 11) is 0. The predicted octanol–water partition coefficient (Wildman–Crippen LogP) is 2.81. The van der Waals surface area contributed by atoms with Crippen molar-refractivity contribution in [3.8, 4) is 0 Å².